The van der Waals surface area contributed by atoms with Gasteiger partial charge in [-0.25, -0.2) is 9.97 Å². The smallest absolute Gasteiger partial charge is 0.381 e. The van der Waals surface area contributed by atoms with Crippen molar-refractivity contribution < 1.29 is 17.9 Å². The number of nitrogens with zero attached hydrogens (tertiary/aromatic N) is 2. The van der Waals surface area contributed by atoms with Gasteiger partial charge in [-0.3, -0.25) is 0 Å². The van der Waals surface area contributed by atoms with Crippen LogP contribution in [-0.2, 0) is 10.9 Å². The highest BCUT2D eigenvalue weighted by Crippen LogP contribution is 2.29. The van der Waals surface area contributed by atoms with E-state index < -0.39 is 17.2 Å². The van der Waals surface area contributed by atoms with Crippen LogP contribution in [0.4, 0.5) is 19.0 Å². The molecule has 1 rings (SSSR count). The molecule has 4 nitrogen and oxygen atoms in total. The molecule has 0 aliphatic carbocycles. The summed E-state index contributed by atoms with van der Waals surface area (Å²) in [4.78, 5) is 6.84. The zero-order valence-corrected chi connectivity index (χ0v) is 11.9. The van der Waals surface area contributed by atoms with Crippen LogP contribution in [0.2, 0.25) is 5.28 Å². The molecule has 0 amide bonds. The first-order chi connectivity index (χ1) is 9.43. The van der Waals surface area contributed by atoms with Gasteiger partial charge in [0.25, 0.3) is 0 Å². The second-order valence-corrected chi connectivity index (χ2v) is 4.49. The van der Waals surface area contributed by atoms with E-state index in [1.807, 2.05) is 0 Å². The molecule has 0 saturated heterocycles. The normalized spacial score (nSPS) is 11.7. The van der Waals surface area contributed by atoms with Gasteiger partial charge in [-0.2, -0.15) is 13.2 Å². The Morgan fingerprint density at radius 1 is 1.25 bits per heavy atom. The van der Waals surface area contributed by atoms with Gasteiger partial charge in [0.15, 0.2) is 5.69 Å². The van der Waals surface area contributed by atoms with Gasteiger partial charge in [-0.1, -0.05) is 13.3 Å². The van der Waals surface area contributed by atoms with Crippen molar-refractivity contribution in [3.8, 4) is 0 Å². The van der Waals surface area contributed by atoms with E-state index in [0.717, 1.165) is 18.9 Å². The number of anilines is 1. The van der Waals surface area contributed by atoms with Gasteiger partial charge in [0, 0.05) is 25.8 Å². The summed E-state index contributed by atoms with van der Waals surface area (Å²) in [6.45, 7) is 3.78. The van der Waals surface area contributed by atoms with Crippen LogP contribution in [0, 0.1) is 0 Å². The van der Waals surface area contributed by atoms with Gasteiger partial charge >= 0.3 is 6.18 Å². The molecule has 1 N–H and O–H groups in total. The number of nitrogens with one attached hydrogen (secondary N) is 1. The Morgan fingerprint density at radius 3 is 2.60 bits per heavy atom. The van der Waals surface area contributed by atoms with Crippen molar-refractivity contribution in [1.82, 2.24) is 9.97 Å². The van der Waals surface area contributed by atoms with Crippen LogP contribution >= 0.6 is 11.6 Å². The predicted octanol–water partition coefficient (Wildman–Crippen LogP) is 3.77. The molecule has 0 unspecified atom stereocenters. The Kier molecular flexibility index (Phi) is 7.01. The number of rotatable bonds is 8. The molecule has 0 aromatic carbocycles. The molecule has 0 fully saturated rings. The summed E-state index contributed by atoms with van der Waals surface area (Å²) in [5.74, 6) is 0.0610. The zero-order valence-electron chi connectivity index (χ0n) is 11.1. The number of aromatic nitrogens is 2. The molecule has 0 saturated carbocycles. The van der Waals surface area contributed by atoms with Gasteiger partial charge in [0.1, 0.15) is 5.82 Å². The minimum Gasteiger partial charge on any atom is -0.381 e. The summed E-state index contributed by atoms with van der Waals surface area (Å²) >= 11 is 5.47. The highest BCUT2D eigenvalue weighted by molar-refractivity contribution is 6.28. The average Bonchev–Trinajstić information content (AvgIpc) is 2.36. The first kappa shape index (κ1) is 17.0. The van der Waals surface area contributed by atoms with Gasteiger partial charge in [-0.05, 0) is 24.4 Å². The second kappa shape index (κ2) is 8.26. The first-order valence-electron chi connectivity index (χ1n) is 6.37. The van der Waals surface area contributed by atoms with Gasteiger partial charge in [-0.15, -0.1) is 0 Å². The molecule has 20 heavy (non-hydrogen) atoms. The third kappa shape index (κ3) is 6.38. The fourth-order valence-corrected chi connectivity index (χ4v) is 1.57. The molecule has 0 spiro atoms. The van der Waals surface area contributed by atoms with Crippen LogP contribution < -0.4 is 5.32 Å². The van der Waals surface area contributed by atoms with Crippen LogP contribution in [0.15, 0.2) is 6.07 Å². The number of unbranched alkanes of at least 4 members (excludes halogenated alkanes) is 1. The van der Waals surface area contributed by atoms with E-state index in [4.69, 9.17) is 16.3 Å². The summed E-state index contributed by atoms with van der Waals surface area (Å²) in [5, 5.41) is 2.34. The van der Waals surface area contributed by atoms with E-state index in [2.05, 4.69) is 22.2 Å². The average molecular weight is 312 g/mol. The molecule has 1 aromatic heterocycles. The minimum atomic E-state index is -4.54. The highest BCUT2D eigenvalue weighted by atomic mass is 35.5. The van der Waals surface area contributed by atoms with E-state index in [0.29, 0.717) is 26.2 Å². The summed E-state index contributed by atoms with van der Waals surface area (Å²) in [6.07, 6.45) is -1.79. The molecule has 0 atom stereocenters. The molecule has 114 valence electrons. The predicted molar refractivity (Wildman–Crippen MR) is 70.9 cm³/mol. The van der Waals surface area contributed by atoms with Crippen molar-refractivity contribution in [2.24, 2.45) is 0 Å². The molecular weight excluding hydrogens is 295 g/mol. The monoisotopic (exact) mass is 311 g/mol. The van der Waals surface area contributed by atoms with Crippen LogP contribution in [0.1, 0.15) is 31.9 Å². The number of halogens is 4. The fraction of sp³-hybridized carbons (Fsp3) is 0.667. The van der Waals surface area contributed by atoms with E-state index in [1.54, 1.807) is 0 Å². The first-order valence-corrected chi connectivity index (χ1v) is 6.74. The largest absolute Gasteiger partial charge is 0.433 e. The number of ether oxygens (including phenoxy) is 1. The second-order valence-electron chi connectivity index (χ2n) is 4.15. The lowest BCUT2D eigenvalue weighted by Crippen LogP contribution is -2.12. The van der Waals surface area contributed by atoms with Crippen LogP contribution in [0.3, 0.4) is 0 Å². The van der Waals surface area contributed by atoms with Crippen molar-refractivity contribution in [3.63, 3.8) is 0 Å². The van der Waals surface area contributed by atoms with E-state index in [1.165, 1.54) is 0 Å². The Balaban J connectivity index is 2.39. The summed E-state index contributed by atoms with van der Waals surface area (Å²) in [7, 11) is 0. The van der Waals surface area contributed by atoms with Crippen LogP contribution in [0.25, 0.3) is 0 Å². The van der Waals surface area contributed by atoms with Crippen molar-refractivity contribution in [2.45, 2.75) is 32.4 Å². The summed E-state index contributed by atoms with van der Waals surface area (Å²) in [5.41, 5.74) is -1.06. The van der Waals surface area contributed by atoms with Crippen molar-refractivity contribution in [2.75, 3.05) is 25.1 Å². The lowest BCUT2D eigenvalue weighted by molar-refractivity contribution is -0.141. The third-order valence-corrected chi connectivity index (χ3v) is 2.57. The third-order valence-electron chi connectivity index (χ3n) is 2.40. The van der Waals surface area contributed by atoms with Gasteiger partial charge < -0.3 is 10.1 Å². The van der Waals surface area contributed by atoms with Crippen molar-refractivity contribution in [1.29, 1.82) is 0 Å². The van der Waals surface area contributed by atoms with E-state index in [-0.39, 0.29) is 5.82 Å². The Hall–Kier alpha value is -1.08. The Morgan fingerprint density at radius 2 is 1.95 bits per heavy atom. The lowest BCUT2D eigenvalue weighted by Gasteiger charge is -2.10. The van der Waals surface area contributed by atoms with E-state index in [9.17, 15) is 13.2 Å². The van der Waals surface area contributed by atoms with Gasteiger partial charge in [0.2, 0.25) is 5.28 Å². The van der Waals surface area contributed by atoms with Crippen molar-refractivity contribution >= 4 is 17.4 Å². The highest BCUT2D eigenvalue weighted by Gasteiger charge is 2.33. The molecular formula is C12H17ClF3N3O. The lowest BCUT2D eigenvalue weighted by atomic mass is 10.3. The minimum absolute atomic E-state index is 0.0610. The fourth-order valence-electron chi connectivity index (χ4n) is 1.39. The molecule has 1 heterocycles. The maximum Gasteiger partial charge on any atom is 0.433 e. The quantitative estimate of drug-likeness (QED) is 0.586. The Bertz CT molecular complexity index is 415. The van der Waals surface area contributed by atoms with Crippen LogP contribution in [-0.4, -0.2) is 29.7 Å². The van der Waals surface area contributed by atoms with Gasteiger partial charge in [0.05, 0.1) is 0 Å². The Labute approximate surface area is 120 Å². The van der Waals surface area contributed by atoms with Crippen molar-refractivity contribution in [3.05, 3.63) is 17.0 Å². The van der Waals surface area contributed by atoms with Crippen LogP contribution in [0.5, 0.6) is 0 Å². The molecule has 1 aromatic rings. The molecule has 0 radical (unpaired) electrons. The SMILES string of the molecule is CCCCOCCCNc1cc(C(F)(F)F)nc(Cl)n1. The maximum absolute atomic E-state index is 12.5. The maximum atomic E-state index is 12.5. The summed E-state index contributed by atoms with van der Waals surface area (Å²) < 4.78 is 42.9. The number of hydrogen-bond acceptors (Lipinski definition) is 4. The number of alkyl halides is 3. The molecule has 0 bridgehead atoms. The standard InChI is InChI=1S/C12H17ClF3N3O/c1-2-3-6-20-7-4-5-17-10-8-9(12(14,15)16)18-11(13)19-10/h8H,2-7H2,1H3,(H,17,18,19). The zero-order chi connectivity index (χ0) is 15.0. The molecule has 0 aliphatic heterocycles. The van der Waals surface area contributed by atoms with E-state index >= 15 is 0 Å². The summed E-state index contributed by atoms with van der Waals surface area (Å²) in [6, 6.07) is 0.837. The molecule has 0 aliphatic rings. The number of hydrogen-bond donors (Lipinski definition) is 1. The topological polar surface area (TPSA) is 47.0 Å². The molecule has 8 heteroatoms.